The summed E-state index contributed by atoms with van der Waals surface area (Å²) in [4.78, 5) is 15.4. The Bertz CT molecular complexity index is 477. The Labute approximate surface area is 98.5 Å². The molecule has 0 bridgehead atoms. The van der Waals surface area contributed by atoms with Crippen molar-refractivity contribution in [2.24, 2.45) is 0 Å². The lowest BCUT2D eigenvalue weighted by molar-refractivity contribution is 0.251. The molecular formula is C11H13N5O. The van der Waals surface area contributed by atoms with Crippen LogP contribution >= 0.6 is 0 Å². The Hall–Kier alpha value is -2.37. The minimum atomic E-state index is -0.273. The molecule has 0 unspecified atom stereocenters. The normalized spacial score (nSPS) is 9.94. The first kappa shape index (κ1) is 11.1. The van der Waals surface area contributed by atoms with Gasteiger partial charge in [0.05, 0.1) is 6.54 Å². The maximum Gasteiger partial charge on any atom is 0.319 e. The molecule has 3 N–H and O–H groups in total. The second-order valence-electron chi connectivity index (χ2n) is 3.61. The average Bonchev–Trinajstić information content (AvgIpc) is 2.83. The van der Waals surface area contributed by atoms with E-state index in [1.807, 2.05) is 31.2 Å². The van der Waals surface area contributed by atoms with Gasteiger partial charge in [0.1, 0.15) is 12.2 Å². The second kappa shape index (κ2) is 5.11. The molecule has 0 saturated carbocycles. The van der Waals surface area contributed by atoms with Crippen molar-refractivity contribution in [1.82, 2.24) is 20.5 Å². The largest absolute Gasteiger partial charge is 0.331 e. The van der Waals surface area contributed by atoms with Gasteiger partial charge in [0.2, 0.25) is 0 Å². The summed E-state index contributed by atoms with van der Waals surface area (Å²) in [6.07, 6.45) is 1.40. The van der Waals surface area contributed by atoms with Crippen molar-refractivity contribution in [3.63, 3.8) is 0 Å². The van der Waals surface area contributed by atoms with Gasteiger partial charge in [0, 0.05) is 5.69 Å². The van der Waals surface area contributed by atoms with Crippen molar-refractivity contribution in [2.45, 2.75) is 13.5 Å². The van der Waals surface area contributed by atoms with Gasteiger partial charge < -0.3 is 10.6 Å². The summed E-state index contributed by atoms with van der Waals surface area (Å²) in [5.41, 5.74) is 1.91. The summed E-state index contributed by atoms with van der Waals surface area (Å²) in [6.45, 7) is 2.31. The molecule has 88 valence electrons. The summed E-state index contributed by atoms with van der Waals surface area (Å²) in [5, 5.41) is 11.7. The highest BCUT2D eigenvalue weighted by Crippen LogP contribution is 2.07. The molecule has 2 rings (SSSR count). The SMILES string of the molecule is Cc1ccc(NC(=O)NCc2ncn[nH]2)cc1. The molecule has 0 aliphatic heterocycles. The van der Waals surface area contributed by atoms with E-state index in [2.05, 4.69) is 25.8 Å². The number of aromatic amines is 1. The lowest BCUT2D eigenvalue weighted by atomic mass is 10.2. The smallest absolute Gasteiger partial charge is 0.319 e. The van der Waals surface area contributed by atoms with Crippen molar-refractivity contribution in [3.05, 3.63) is 42.0 Å². The number of carbonyl (C=O) groups is 1. The Kier molecular flexibility index (Phi) is 3.34. The maximum atomic E-state index is 11.5. The molecule has 17 heavy (non-hydrogen) atoms. The van der Waals surface area contributed by atoms with Crippen LogP contribution in [0.15, 0.2) is 30.6 Å². The lowest BCUT2D eigenvalue weighted by Gasteiger charge is -2.06. The number of carbonyl (C=O) groups excluding carboxylic acids is 1. The first-order valence-corrected chi connectivity index (χ1v) is 5.20. The number of benzene rings is 1. The molecule has 1 aromatic carbocycles. The van der Waals surface area contributed by atoms with Crippen LogP contribution in [0.4, 0.5) is 10.5 Å². The molecule has 0 spiro atoms. The molecule has 0 aliphatic carbocycles. The number of aryl methyl sites for hydroxylation is 1. The van der Waals surface area contributed by atoms with Crippen LogP contribution in [0.1, 0.15) is 11.4 Å². The number of hydrogen-bond donors (Lipinski definition) is 3. The number of nitrogens with one attached hydrogen (secondary N) is 3. The number of aromatic nitrogens is 3. The molecule has 0 radical (unpaired) electrons. The summed E-state index contributed by atoms with van der Waals surface area (Å²) < 4.78 is 0. The van der Waals surface area contributed by atoms with E-state index in [0.29, 0.717) is 12.4 Å². The van der Waals surface area contributed by atoms with E-state index in [4.69, 9.17) is 0 Å². The molecule has 2 aromatic rings. The van der Waals surface area contributed by atoms with Crippen LogP contribution in [-0.2, 0) is 6.54 Å². The third-order valence-electron chi connectivity index (χ3n) is 2.19. The fourth-order valence-electron chi connectivity index (χ4n) is 1.29. The first-order valence-electron chi connectivity index (χ1n) is 5.20. The number of anilines is 1. The number of rotatable bonds is 3. The fraction of sp³-hybridized carbons (Fsp3) is 0.182. The maximum absolute atomic E-state index is 11.5. The molecule has 0 saturated heterocycles. The minimum absolute atomic E-state index is 0.273. The Morgan fingerprint density at radius 1 is 1.35 bits per heavy atom. The third-order valence-corrected chi connectivity index (χ3v) is 2.19. The highest BCUT2D eigenvalue weighted by atomic mass is 16.2. The highest BCUT2D eigenvalue weighted by Gasteiger charge is 2.02. The highest BCUT2D eigenvalue weighted by molar-refractivity contribution is 5.89. The Morgan fingerprint density at radius 3 is 2.76 bits per heavy atom. The van der Waals surface area contributed by atoms with Gasteiger partial charge in [-0.3, -0.25) is 5.10 Å². The minimum Gasteiger partial charge on any atom is -0.331 e. The predicted molar refractivity (Wildman–Crippen MR) is 63.4 cm³/mol. The molecule has 0 fully saturated rings. The third kappa shape index (κ3) is 3.30. The molecule has 6 nitrogen and oxygen atoms in total. The standard InChI is InChI=1S/C11H13N5O/c1-8-2-4-9(5-3-8)15-11(17)12-6-10-13-7-14-16-10/h2-5,7H,6H2,1H3,(H2,12,15,17)(H,13,14,16). The molecule has 0 atom stereocenters. The zero-order chi connectivity index (χ0) is 12.1. The molecule has 1 heterocycles. The van der Waals surface area contributed by atoms with Gasteiger partial charge in [-0.05, 0) is 19.1 Å². The van der Waals surface area contributed by atoms with Crippen molar-refractivity contribution >= 4 is 11.7 Å². The number of amides is 2. The topological polar surface area (TPSA) is 82.7 Å². The monoisotopic (exact) mass is 231 g/mol. The van der Waals surface area contributed by atoms with Gasteiger partial charge in [0.15, 0.2) is 0 Å². The lowest BCUT2D eigenvalue weighted by Crippen LogP contribution is -2.28. The number of H-pyrrole nitrogens is 1. The van der Waals surface area contributed by atoms with E-state index in [9.17, 15) is 4.79 Å². The second-order valence-corrected chi connectivity index (χ2v) is 3.61. The van der Waals surface area contributed by atoms with Gasteiger partial charge in [-0.25, -0.2) is 9.78 Å². The van der Waals surface area contributed by atoms with E-state index < -0.39 is 0 Å². The van der Waals surface area contributed by atoms with Crippen LogP contribution in [0.25, 0.3) is 0 Å². The summed E-state index contributed by atoms with van der Waals surface area (Å²) in [5.74, 6) is 0.615. The number of nitrogens with zero attached hydrogens (tertiary/aromatic N) is 2. The molecular weight excluding hydrogens is 218 g/mol. The van der Waals surface area contributed by atoms with Gasteiger partial charge in [-0.1, -0.05) is 17.7 Å². The van der Waals surface area contributed by atoms with E-state index in [0.717, 1.165) is 11.3 Å². The van der Waals surface area contributed by atoms with E-state index in [1.54, 1.807) is 0 Å². The zero-order valence-corrected chi connectivity index (χ0v) is 9.40. The van der Waals surface area contributed by atoms with Crippen LogP contribution in [0.5, 0.6) is 0 Å². The van der Waals surface area contributed by atoms with Crippen LogP contribution < -0.4 is 10.6 Å². The van der Waals surface area contributed by atoms with Crippen LogP contribution in [-0.4, -0.2) is 21.2 Å². The predicted octanol–water partition coefficient (Wildman–Crippen LogP) is 1.43. The molecule has 0 aliphatic rings. The van der Waals surface area contributed by atoms with E-state index in [1.165, 1.54) is 6.33 Å². The first-order chi connectivity index (χ1) is 8.24. The van der Waals surface area contributed by atoms with Gasteiger partial charge in [-0.2, -0.15) is 5.10 Å². The van der Waals surface area contributed by atoms with E-state index >= 15 is 0 Å². The zero-order valence-electron chi connectivity index (χ0n) is 9.40. The van der Waals surface area contributed by atoms with Crippen molar-refractivity contribution < 1.29 is 4.79 Å². The Balaban J connectivity index is 1.83. The Morgan fingerprint density at radius 2 is 2.12 bits per heavy atom. The number of hydrogen-bond acceptors (Lipinski definition) is 3. The van der Waals surface area contributed by atoms with Crippen LogP contribution in [0.2, 0.25) is 0 Å². The van der Waals surface area contributed by atoms with E-state index in [-0.39, 0.29) is 6.03 Å². The fourth-order valence-corrected chi connectivity index (χ4v) is 1.29. The number of urea groups is 1. The van der Waals surface area contributed by atoms with Gasteiger partial charge >= 0.3 is 6.03 Å². The molecule has 6 heteroatoms. The average molecular weight is 231 g/mol. The van der Waals surface area contributed by atoms with Gasteiger partial charge in [-0.15, -0.1) is 0 Å². The summed E-state index contributed by atoms with van der Waals surface area (Å²) in [7, 11) is 0. The summed E-state index contributed by atoms with van der Waals surface area (Å²) in [6, 6.07) is 7.30. The molecule has 2 amide bonds. The quantitative estimate of drug-likeness (QED) is 0.747. The van der Waals surface area contributed by atoms with Crippen molar-refractivity contribution in [3.8, 4) is 0 Å². The van der Waals surface area contributed by atoms with Gasteiger partial charge in [0.25, 0.3) is 0 Å². The molecule has 1 aromatic heterocycles. The van der Waals surface area contributed by atoms with Crippen molar-refractivity contribution in [2.75, 3.05) is 5.32 Å². The van der Waals surface area contributed by atoms with Crippen molar-refractivity contribution in [1.29, 1.82) is 0 Å². The van der Waals surface area contributed by atoms with Crippen LogP contribution in [0, 0.1) is 6.92 Å². The summed E-state index contributed by atoms with van der Waals surface area (Å²) >= 11 is 0. The van der Waals surface area contributed by atoms with Crippen LogP contribution in [0.3, 0.4) is 0 Å².